The molecule has 7 nitrogen and oxygen atoms in total. The van der Waals surface area contributed by atoms with Gasteiger partial charge in [0.1, 0.15) is 12.4 Å². The molecule has 0 atom stereocenters. The molecule has 0 aliphatic carbocycles. The number of hydrogen-bond donors (Lipinski definition) is 2. The number of alkyl halides is 3. The van der Waals surface area contributed by atoms with Gasteiger partial charge >= 0.3 is 6.18 Å². The fourth-order valence-electron chi connectivity index (χ4n) is 6.15. The predicted octanol–water partition coefficient (Wildman–Crippen LogP) is 5.39. The van der Waals surface area contributed by atoms with Crippen molar-refractivity contribution in [3.05, 3.63) is 76.2 Å². The van der Waals surface area contributed by atoms with Crippen molar-refractivity contribution in [3.8, 4) is 11.3 Å². The zero-order chi connectivity index (χ0) is 31.5. The summed E-state index contributed by atoms with van der Waals surface area (Å²) in [7, 11) is 0. The van der Waals surface area contributed by atoms with Crippen molar-refractivity contribution < 1.29 is 27.5 Å². The average Bonchev–Trinajstić information content (AvgIpc) is 3.35. The van der Waals surface area contributed by atoms with Crippen molar-refractivity contribution >= 4 is 5.91 Å². The number of nitrogens with one attached hydrogen (secondary N) is 1. The fraction of sp³-hybridized carbons (Fsp3) is 0.515. The van der Waals surface area contributed by atoms with Gasteiger partial charge < -0.3 is 20.2 Å². The molecule has 1 fully saturated rings. The van der Waals surface area contributed by atoms with Crippen LogP contribution in [0.5, 0.6) is 0 Å². The van der Waals surface area contributed by atoms with Crippen LogP contribution in [-0.2, 0) is 43.6 Å². The molecule has 2 aromatic carbocycles. The molecule has 3 heterocycles. The Kier molecular flexibility index (Phi) is 9.77. The zero-order valence-electron chi connectivity index (χ0n) is 25.4. The minimum atomic E-state index is -4.54. The third kappa shape index (κ3) is 7.68. The van der Waals surface area contributed by atoms with Crippen molar-refractivity contribution in [2.24, 2.45) is 5.41 Å². The maximum absolute atomic E-state index is 14.0. The molecule has 0 spiro atoms. The van der Waals surface area contributed by atoms with Crippen LogP contribution in [0.15, 0.2) is 42.5 Å². The number of nitrogens with zero attached hydrogens (tertiary/aromatic N) is 4. The highest BCUT2D eigenvalue weighted by atomic mass is 19.4. The van der Waals surface area contributed by atoms with E-state index in [2.05, 4.69) is 24.1 Å². The Morgan fingerprint density at radius 1 is 1.02 bits per heavy atom. The van der Waals surface area contributed by atoms with Crippen LogP contribution < -0.4 is 5.32 Å². The van der Waals surface area contributed by atoms with Gasteiger partial charge in [-0.25, -0.2) is 4.39 Å². The van der Waals surface area contributed by atoms with E-state index in [0.29, 0.717) is 36.2 Å². The number of hydrogen-bond acceptors (Lipinski definition) is 5. The number of piperidine rings is 1. The first-order chi connectivity index (χ1) is 20.9. The lowest BCUT2D eigenvalue weighted by Crippen LogP contribution is -2.38. The Bertz CT molecular complexity index is 1440. The second kappa shape index (κ2) is 13.4. The number of carbonyl (C=O) groups is 1. The van der Waals surface area contributed by atoms with Crippen LogP contribution in [0, 0.1) is 11.2 Å². The summed E-state index contributed by atoms with van der Waals surface area (Å²) >= 11 is 0. The van der Waals surface area contributed by atoms with E-state index in [1.165, 1.54) is 24.3 Å². The Morgan fingerprint density at radius 3 is 2.43 bits per heavy atom. The molecule has 0 bridgehead atoms. The van der Waals surface area contributed by atoms with Gasteiger partial charge in [0.2, 0.25) is 5.91 Å². The highest BCUT2D eigenvalue weighted by molar-refractivity contribution is 5.78. The molecule has 2 aliphatic rings. The SMILES string of the molecule is CC1(C)CCN(CCCn2nc(-c3ccc(C(F)(F)F)c(CNCc4ccc(F)cc4)c3)c3c2CCN(C(=O)CO)C3)CC1. The number of aryl methyl sites for hydroxylation is 1. The molecule has 3 aromatic rings. The Hall–Kier alpha value is -3.28. The van der Waals surface area contributed by atoms with Crippen molar-refractivity contribution in [3.63, 3.8) is 0 Å². The molecule has 2 aliphatic heterocycles. The highest BCUT2D eigenvalue weighted by Crippen LogP contribution is 2.37. The molecule has 0 unspecified atom stereocenters. The molecule has 1 amide bonds. The van der Waals surface area contributed by atoms with Gasteiger partial charge in [0.05, 0.1) is 11.3 Å². The number of carbonyl (C=O) groups excluding carboxylic acids is 1. The van der Waals surface area contributed by atoms with E-state index in [9.17, 15) is 27.5 Å². The topological polar surface area (TPSA) is 73.6 Å². The normalized spacial score (nSPS) is 17.1. The maximum atomic E-state index is 14.0. The number of benzene rings is 2. The first-order valence-electron chi connectivity index (χ1n) is 15.3. The minimum absolute atomic E-state index is 0.0509. The summed E-state index contributed by atoms with van der Waals surface area (Å²) in [5.41, 5.74) is 3.37. The number of rotatable bonds is 10. The number of aromatic nitrogens is 2. The van der Waals surface area contributed by atoms with Crippen molar-refractivity contribution in [2.45, 2.75) is 71.9 Å². The molecular weight excluding hydrogens is 574 g/mol. The standard InChI is InChI=1S/C33H41F4N5O2/c1-32(2)11-16-40(17-12-32)13-3-14-42-29-10-15-41(30(44)22-43)21-27(29)31(39-42)24-6-9-28(33(35,36)37)25(18-24)20-38-19-23-4-7-26(34)8-5-23/h4-9,18,38,43H,3,10-17,19-22H2,1-2H3. The number of aliphatic hydroxyl groups is 1. The van der Waals surface area contributed by atoms with E-state index in [1.54, 1.807) is 17.0 Å². The lowest BCUT2D eigenvalue weighted by atomic mass is 9.83. The van der Waals surface area contributed by atoms with E-state index in [-0.39, 0.29) is 36.9 Å². The van der Waals surface area contributed by atoms with Crippen molar-refractivity contribution in [1.29, 1.82) is 0 Å². The summed E-state index contributed by atoms with van der Waals surface area (Å²) < 4.78 is 57.2. The first-order valence-corrected chi connectivity index (χ1v) is 15.3. The molecule has 11 heteroatoms. The van der Waals surface area contributed by atoms with Crippen molar-refractivity contribution in [2.75, 3.05) is 32.8 Å². The van der Waals surface area contributed by atoms with Gasteiger partial charge in [0.15, 0.2) is 0 Å². The minimum Gasteiger partial charge on any atom is -0.387 e. The number of likely N-dealkylation sites (tertiary alicyclic amines) is 1. The van der Waals surface area contributed by atoms with Crippen LogP contribution in [-0.4, -0.2) is 63.4 Å². The van der Waals surface area contributed by atoms with Crippen molar-refractivity contribution in [1.82, 2.24) is 24.9 Å². The van der Waals surface area contributed by atoms with Crippen LogP contribution in [0.1, 0.15) is 61.1 Å². The van der Waals surface area contributed by atoms with Gasteiger partial charge in [-0.05, 0) is 79.7 Å². The summed E-state index contributed by atoms with van der Waals surface area (Å²) in [6, 6.07) is 9.87. The summed E-state index contributed by atoms with van der Waals surface area (Å²) in [6.45, 7) is 8.67. The zero-order valence-corrected chi connectivity index (χ0v) is 25.4. The van der Waals surface area contributed by atoms with Crippen LogP contribution in [0.3, 0.4) is 0 Å². The van der Waals surface area contributed by atoms with Gasteiger partial charge in [-0.3, -0.25) is 9.48 Å². The second-order valence-corrected chi connectivity index (χ2v) is 12.7. The lowest BCUT2D eigenvalue weighted by molar-refractivity contribution is -0.138. The van der Waals surface area contributed by atoms with E-state index in [0.717, 1.165) is 61.8 Å². The fourth-order valence-corrected chi connectivity index (χ4v) is 6.15. The molecule has 238 valence electrons. The molecule has 0 radical (unpaired) electrons. The maximum Gasteiger partial charge on any atom is 0.416 e. The number of halogens is 4. The highest BCUT2D eigenvalue weighted by Gasteiger charge is 2.34. The van der Waals surface area contributed by atoms with Gasteiger partial charge in [0.25, 0.3) is 0 Å². The van der Waals surface area contributed by atoms with Gasteiger partial charge in [0, 0.05) is 56.0 Å². The van der Waals surface area contributed by atoms with Crippen LogP contribution in [0.25, 0.3) is 11.3 Å². The second-order valence-electron chi connectivity index (χ2n) is 12.7. The molecule has 44 heavy (non-hydrogen) atoms. The van der Waals surface area contributed by atoms with E-state index < -0.39 is 18.3 Å². The first kappa shape index (κ1) is 32.1. The summed E-state index contributed by atoms with van der Waals surface area (Å²) in [5, 5.41) is 17.4. The Labute approximate surface area is 255 Å². The molecule has 2 N–H and O–H groups in total. The van der Waals surface area contributed by atoms with Crippen LogP contribution in [0.4, 0.5) is 17.6 Å². The van der Waals surface area contributed by atoms with Gasteiger partial charge in [-0.2, -0.15) is 18.3 Å². The van der Waals surface area contributed by atoms with E-state index in [4.69, 9.17) is 5.10 Å². The molecular formula is C33H41F4N5O2. The Balaban J connectivity index is 1.39. The van der Waals surface area contributed by atoms with Crippen LogP contribution >= 0.6 is 0 Å². The smallest absolute Gasteiger partial charge is 0.387 e. The quantitative estimate of drug-likeness (QED) is 0.300. The molecule has 1 saturated heterocycles. The number of aliphatic hydroxyl groups excluding tert-OH is 1. The molecule has 1 aromatic heterocycles. The third-order valence-corrected chi connectivity index (χ3v) is 8.92. The Morgan fingerprint density at radius 2 is 1.75 bits per heavy atom. The number of amides is 1. The van der Waals surface area contributed by atoms with E-state index >= 15 is 0 Å². The molecule has 5 rings (SSSR count). The average molecular weight is 616 g/mol. The summed E-state index contributed by atoms with van der Waals surface area (Å²) in [4.78, 5) is 16.4. The number of fused-ring (bicyclic) bond motifs is 1. The predicted molar refractivity (Wildman–Crippen MR) is 160 cm³/mol. The lowest BCUT2D eigenvalue weighted by Gasteiger charge is -2.36. The monoisotopic (exact) mass is 615 g/mol. The van der Waals surface area contributed by atoms with Gasteiger partial charge in [-0.15, -0.1) is 0 Å². The summed E-state index contributed by atoms with van der Waals surface area (Å²) in [6.07, 6.45) is -0.772. The summed E-state index contributed by atoms with van der Waals surface area (Å²) in [5.74, 6) is -0.765. The van der Waals surface area contributed by atoms with E-state index in [1.807, 2.05) is 4.68 Å². The van der Waals surface area contributed by atoms with Gasteiger partial charge in [-0.1, -0.05) is 32.0 Å². The van der Waals surface area contributed by atoms with Crippen LogP contribution in [0.2, 0.25) is 0 Å². The largest absolute Gasteiger partial charge is 0.416 e. The molecule has 0 saturated carbocycles. The third-order valence-electron chi connectivity index (χ3n) is 8.92.